The van der Waals surface area contributed by atoms with Gasteiger partial charge in [0.05, 0.1) is 12.3 Å². The van der Waals surface area contributed by atoms with Crippen molar-refractivity contribution in [3.63, 3.8) is 0 Å². The second kappa shape index (κ2) is 20.2. The smallest absolute Gasteiger partial charge is 0.459 e. The number of nitrogens with one attached hydrogen (secondary N) is 2. The van der Waals surface area contributed by atoms with Gasteiger partial charge in [0.2, 0.25) is 0 Å². The highest BCUT2D eigenvalue weighted by molar-refractivity contribution is 7.52. The van der Waals surface area contributed by atoms with Crippen LogP contribution in [-0.2, 0) is 23.4 Å². The molecule has 0 radical (unpaired) electrons. The normalized spacial score (nSPS) is 24.2. The molecule has 1 aromatic carbocycles. The minimum atomic E-state index is -4.29. The first-order chi connectivity index (χ1) is 26.0. The molecule has 2 fully saturated rings. The molecule has 3 aromatic rings. The molecule has 0 amide bonds. The first kappa shape index (κ1) is 42.1. The Bertz CT molecular complexity index is 1640. The second-order valence-corrected chi connectivity index (χ2v) is 16.6. The standard InChI is InChI=1S/C39H60N5O9P/c1-4-5-6-7-8-9-10-11-18-23-33(45)42-37-32-25-24-31(44(32)41-27-40-37)35-34(46)36(47)39(3,52-35)26-50-54(49,53-30-21-16-13-17-22-30)43-28(2)38(48)51-29-19-14-12-15-20-29/h13,16-17,21-22,24-25,27-29,33-36,45-47H,4-12,14-15,18-20,23,26H2,1-3H3,(H,43,49)(H,40,41,42)/t28-,33?,34-,35-,36-,39+,54-/m0/s1. The van der Waals surface area contributed by atoms with E-state index in [2.05, 4.69) is 27.4 Å². The Morgan fingerprint density at radius 2 is 1.70 bits per heavy atom. The summed E-state index contributed by atoms with van der Waals surface area (Å²) in [7, 11) is -4.29. The summed E-state index contributed by atoms with van der Waals surface area (Å²) < 4.78 is 39.4. The molecular formula is C39H60N5O9P. The van der Waals surface area contributed by atoms with Crippen LogP contribution in [-0.4, -0.2) is 78.7 Å². The zero-order valence-electron chi connectivity index (χ0n) is 32.0. The van der Waals surface area contributed by atoms with Crippen molar-refractivity contribution in [2.24, 2.45) is 0 Å². The number of benzene rings is 1. The molecular weight excluding hydrogens is 713 g/mol. The predicted octanol–water partition coefficient (Wildman–Crippen LogP) is 6.99. The van der Waals surface area contributed by atoms with Crippen LogP contribution in [0.15, 0.2) is 48.8 Å². The fraction of sp³-hybridized carbons (Fsp3) is 0.667. The van der Waals surface area contributed by atoms with E-state index in [4.69, 9.17) is 18.5 Å². The van der Waals surface area contributed by atoms with Gasteiger partial charge in [-0.3, -0.25) is 9.32 Å². The molecule has 0 bridgehead atoms. The van der Waals surface area contributed by atoms with Gasteiger partial charge in [0.1, 0.15) is 59.9 Å². The van der Waals surface area contributed by atoms with Crippen molar-refractivity contribution in [2.45, 2.75) is 159 Å². The molecule has 1 saturated carbocycles. The highest BCUT2D eigenvalue weighted by Crippen LogP contribution is 2.48. The van der Waals surface area contributed by atoms with Crippen molar-refractivity contribution in [3.8, 4) is 5.75 Å². The van der Waals surface area contributed by atoms with E-state index in [1.165, 1.54) is 58.7 Å². The summed E-state index contributed by atoms with van der Waals surface area (Å²) >= 11 is 0. The maximum absolute atomic E-state index is 14.2. The zero-order valence-corrected chi connectivity index (χ0v) is 32.9. The number of fused-ring (bicyclic) bond motifs is 1. The number of anilines is 1. The van der Waals surface area contributed by atoms with E-state index in [-0.39, 0.29) is 11.9 Å². The topological polar surface area (TPSA) is 186 Å². The van der Waals surface area contributed by atoms with Crippen LogP contribution < -0.4 is 14.9 Å². The van der Waals surface area contributed by atoms with Crippen molar-refractivity contribution in [3.05, 3.63) is 54.5 Å². The fourth-order valence-corrected chi connectivity index (χ4v) is 8.72. The summed E-state index contributed by atoms with van der Waals surface area (Å²) in [5.41, 5.74) is -0.579. The molecule has 7 atom stereocenters. The van der Waals surface area contributed by atoms with Gasteiger partial charge in [0.25, 0.3) is 0 Å². The largest absolute Gasteiger partial charge is 0.461 e. The highest BCUT2D eigenvalue weighted by Gasteiger charge is 2.54. The SMILES string of the molecule is CCCCCCCCCCCC(O)Nc1ncnn2c([C@@H]3O[C@](C)(CO[P@@](=O)(N[C@@H](C)C(=O)OC4CCCCC4)Oc4ccccc4)[C@@H](O)[C@H]3O)ccc12. The number of para-hydroxylation sites is 1. The lowest BCUT2D eigenvalue weighted by molar-refractivity contribution is -0.152. The van der Waals surface area contributed by atoms with E-state index in [0.717, 1.165) is 51.4 Å². The maximum Gasteiger partial charge on any atom is 0.459 e. The Morgan fingerprint density at radius 3 is 2.41 bits per heavy atom. The van der Waals surface area contributed by atoms with Gasteiger partial charge < -0.3 is 34.6 Å². The number of nitrogens with zero attached hydrogens (tertiary/aromatic N) is 3. The molecule has 2 aliphatic rings. The van der Waals surface area contributed by atoms with Gasteiger partial charge in [-0.1, -0.05) is 82.9 Å². The molecule has 5 N–H and O–H groups in total. The zero-order chi connectivity index (χ0) is 38.6. The van der Waals surface area contributed by atoms with Crippen molar-refractivity contribution in [1.82, 2.24) is 19.7 Å². The Balaban J connectivity index is 1.21. The lowest BCUT2D eigenvalue weighted by Gasteiger charge is -2.30. The summed E-state index contributed by atoms with van der Waals surface area (Å²) in [5.74, 6) is 0.0763. The van der Waals surface area contributed by atoms with Crippen molar-refractivity contribution >= 4 is 25.1 Å². The number of aliphatic hydroxyl groups is 3. The third kappa shape index (κ3) is 11.5. The number of hydrogen-bond acceptors (Lipinski definition) is 12. The first-order valence-corrected chi connectivity index (χ1v) is 21.3. The Kier molecular flexibility index (Phi) is 15.7. The third-order valence-electron chi connectivity index (χ3n) is 10.3. The van der Waals surface area contributed by atoms with Crippen LogP contribution in [0.25, 0.3) is 5.52 Å². The number of rotatable bonds is 22. The van der Waals surface area contributed by atoms with Gasteiger partial charge in [-0.2, -0.15) is 10.2 Å². The summed E-state index contributed by atoms with van der Waals surface area (Å²) in [6.45, 7) is 4.81. The fourth-order valence-electron chi connectivity index (χ4n) is 7.13. The van der Waals surface area contributed by atoms with Crippen LogP contribution in [0.5, 0.6) is 5.75 Å². The number of carbonyl (C=O) groups is 1. The molecule has 0 spiro atoms. The van der Waals surface area contributed by atoms with Crippen LogP contribution in [0.2, 0.25) is 0 Å². The molecule has 1 aliphatic heterocycles. The van der Waals surface area contributed by atoms with Gasteiger partial charge in [0.15, 0.2) is 5.82 Å². The van der Waals surface area contributed by atoms with Crippen molar-refractivity contribution in [1.29, 1.82) is 0 Å². The lowest BCUT2D eigenvalue weighted by atomic mass is 9.97. The average molecular weight is 774 g/mol. The predicted molar refractivity (Wildman–Crippen MR) is 205 cm³/mol. The number of ether oxygens (including phenoxy) is 2. The van der Waals surface area contributed by atoms with E-state index in [1.807, 2.05) is 0 Å². The van der Waals surface area contributed by atoms with E-state index in [1.54, 1.807) is 47.0 Å². The minimum absolute atomic E-state index is 0.193. The van der Waals surface area contributed by atoms with Crippen LogP contribution >= 0.6 is 7.75 Å². The van der Waals surface area contributed by atoms with E-state index < -0.39 is 56.5 Å². The molecule has 3 heterocycles. The van der Waals surface area contributed by atoms with Gasteiger partial charge in [-0.25, -0.2) is 14.1 Å². The summed E-state index contributed by atoms with van der Waals surface area (Å²) in [6, 6.07) is 10.8. The van der Waals surface area contributed by atoms with Gasteiger partial charge >= 0.3 is 13.7 Å². The number of esters is 1. The Hall–Kier alpha value is -3.10. The van der Waals surface area contributed by atoms with E-state index in [9.17, 15) is 24.7 Å². The Morgan fingerprint density at radius 1 is 1.02 bits per heavy atom. The molecule has 1 aliphatic carbocycles. The number of unbranched alkanes of at least 4 members (excludes halogenated alkanes) is 8. The van der Waals surface area contributed by atoms with Crippen LogP contribution in [0, 0.1) is 0 Å². The molecule has 15 heteroatoms. The minimum Gasteiger partial charge on any atom is -0.461 e. The molecule has 2 aromatic heterocycles. The molecule has 5 rings (SSSR count). The molecule has 1 unspecified atom stereocenters. The highest BCUT2D eigenvalue weighted by atomic mass is 31.2. The van der Waals surface area contributed by atoms with Gasteiger partial charge in [-0.05, 0) is 76.6 Å². The maximum atomic E-state index is 14.2. The van der Waals surface area contributed by atoms with E-state index in [0.29, 0.717) is 23.4 Å². The van der Waals surface area contributed by atoms with Crippen LogP contribution in [0.1, 0.15) is 129 Å². The number of aromatic nitrogens is 3. The van der Waals surface area contributed by atoms with E-state index >= 15 is 0 Å². The van der Waals surface area contributed by atoms with Crippen molar-refractivity contribution < 1.29 is 43.2 Å². The summed E-state index contributed by atoms with van der Waals surface area (Å²) in [4.78, 5) is 17.3. The molecule has 14 nitrogen and oxygen atoms in total. The van der Waals surface area contributed by atoms with Crippen LogP contribution in [0.4, 0.5) is 5.82 Å². The van der Waals surface area contributed by atoms with Crippen molar-refractivity contribution in [2.75, 3.05) is 11.9 Å². The van der Waals surface area contributed by atoms with Gasteiger partial charge in [-0.15, -0.1) is 0 Å². The Labute approximate surface area is 318 Å². The monoisotopic (exact) mass is 773 g/mol. The average Bonchev–Trinajstić information content (AvgIpc) is 3.69. The molecule has 300 valence electrons. The number of aliphatic hydroxyl groups excluding tert-OH is 3. The lowest BCUT2D eigenvalue weighted by Crippen LogP contribution is -2.45. The number of carbonyl (C=O) groups excluding carboxylic acids is 1. The van der Waals surface area contributed by atoms with Gasteiger partial charge in [0, 0.05) is 0 Å². The van der Waals surface area contributed by atoms with Crippen LogP contribution in [0.3, 0.4) is 0 Å². The molecule has 54 heavy (non-hydrogen) atoms. The third-order valence-corrected chi connectivity index (χ3v) is 12.0. The molecule has 1 saturated heterocycles. The second-order valence-electron chi connectivity index (χ2n) is 15.0. The summed E-state index contributed by atoms with van der Waals surface area (Å²) in [6.07, 6.45) is 12.3. The first-order valence-electron chi connectivity index (χ1n) is 19.8. The number of hydrogen-bond donors (Lipinski definition) is 5. The quantitative estimate of drug-likeness (QED) is 0.0305. The summed E-state index contributed by atoms with van der Waals surface area (Å²) in [5, 5.41) is 43.5.